The third-order valence-electron chi connectivity index (χ3n) is 7.49. The highest BCUT2D eigenvalue weighted by Gasteiger charge is 2.34. The van der Waals surface area contributed by atoms with Gasteiger partial charge in [-0.3, -0.25) is 4.79 Å². The molecule has 0 radical (unpaired) electrons. The Morgan fingerprint density at radius 3 is 2.00 bits per heavy atom. The Morgan fingerprint density at radius 1 is 0.767 bits per heavy atom. The first-order valence-electron chi connectivity index (χ1n) is 12.7. The number of carbonyl (C=O) groups excluding carboxylic acids is 1. The first-order valence-corrected chi connectivity index (χ1v) is 12.7. The number of nitrogens with zero attached hydrogens (tertiary/aromatic N) is 2. The Labute approximate surface area is 182 Å². The Kier molecular flexibility index (Phi) is 7.99. The van der Waals surface area contributed by atoms with E-state index in [-0.39, 0.29) is 17.7 Å². The standard InChI is InChI=1S/C25H40N4O/c30-24-22-16-12-8-4-7-11-15-21(22)23-19(17-26-24)18-27-25(29-23)28-20-13-9-5-2-1-3-6-10-14-20/h18,20-22H,1-17H2,(H,26,30)(H,27,28,29). The number of hydrogen-bond acceptors (Lipinski definition) is 4. The van der Waals surface area contributed by atoms with Gasteiger partial charge in [0.05, 0.1) is 5.69 Å². The summed E-state index contributed by atoms with van der Waals surface area (Å²) < 4.78 is 0. The molecular formula is C25H40N4O. The van der Waals surface area contributed by atoms with Crippen LogP contribution in [-0.2, 0) is 11.3 Å². The van der Waals surface area contributed by atoms with Gasteiger partial charge >= 0.3 is 0 Å². The van der Waals surface area contributed by atoms with Gasteiger partial charge in [-0.25, -0.2) is 9.97 Å². The zero-order valence-corrected chi connectivity index (χ0v) is 18.6. The summed E-state index contributed by atoms with van der Waals surface area (Å²) in [4.78, 5) is 22.6. The summed E-state index contributed by atoms with van der Waals surface area (Å²) in [6.07, 6.45) is 22.1. The molecule has 2 saturated carbocycles. The molecule has 2 aliphatic carbocycles. The number of nitrogens with one attached hydrogen (secondary N) is 2. The number of hydrogen-bond donors (Lipinski definition) is 2. The lowest BCUT2D eigenvalue weighted by Crippen LogP contribution is -2.31. The van der Waals surface area contributed by atoms with Gasteiger partial charge in [0.1, 0.15) is 0 Å². The molecule has 0 bridgehead atoms. The minimum absolute atomic E-state index is 0.0701. The molecule has 0 saturated heterocycles. The predicted octanol–water partition coefficient (Wildman–Crippen LogP) is 5.86. The Hall–Kier alpha value is -1.65. The van der Waals surface area contributed by atoms with Crippen LogP contribution in [0.5, 0.6) is 0 Å². The molecule has 3 aliphatic rings. The van der Waals surface area contributed by atoms with E-state index in [1.54, 1.807) is 0 Å². The third-order valence-corrected chi connectivity index (χ3v) is 7.49. The van der Waals surface area contributed by atoms with Gasteiger partial charge in [0, 0.05) is 36.2 Å². The molecule has 0 aromatic carbocycles. The SMILES string of the molecule is O=C1NCc2cnc(NC3CCCCCCCCC3)nc2C2CCCCCCCC12. The summed E-state index contributed by atoms with van der Waals surface area (Å²) in [6.45, 7) is 0.574. The van der Waals surface area contributed by atoms with Crippen molar-refractivity contribution in [2.45, 2.75) is 121 Å². The molecule has 2 heterocycles. The van der Waals surface area contributed by atoms with Crippen molar-refractivity contribution >= 4 is 11.9 Å². The fourth-order valence-corrected chi connectivity index (χ4v) is 5.70. The van der Waals surface area contributed by atoms with Crippen LogP contribution in [0.15, 0.2) is 6.20 Å². The molecule has 166 valence electrons. The van der Waals surface area contributed by atoms with E-state index in [9.17, 15) is 4.79 Å². The van der Waals surface area contributed by atoms with E-state index in [2.05, 4.69) is 15.6 Å². The second kappa shape index (κ2) is 11.1. The Balaban J connectivity index is 1.53. The Bertz CT molecular complexity index is 682. The number of fused-ring (bicyclic) bond motifs is 3. The van der Waals surface area contributed by atoms with Crippen molar-refractivity contribution in [2.24, 2.45) is 5.92 Å². The summed E-state index contributed by atoms with van der Waals surface area (Å²) in [5.74, 6) is 1.32. The molecule has 5 nitrogen and oxygen atoms in total. The summed E-state index contributed by atoms with van der Waals surface area (Å²) in [6, 6.07) is 0.475. The fraction of sp³-hybridized carbons (Fsp3) is 0.800. The third kappa shape index (κ3) is 5.73. The summed E-state index contributed by atoms with van der Waals surface area (Å²) in [5.41, 5.74) is 2.25. The number of amides is 1. The summed E-state index contributed by atoms with van der Waals surface area (Å²) in [7, 11) is 0. The Morgan fingerprint density at radius 2 is 1.33 bits per heavy atom. The maximum absolute atomic E-state index is 12.9. The van der Waals surface area contributed by atoms with Crippen LogP contribution in [0.2, 0.25) is 0 Å². The molecule has 5 heteroatoms. The highest BCUT2D eigenvalue weighted by Crippen LogP contribution is 2.38. The molecular weight excluding hydrogens is 372 g/mol. The van der Waals surface area contributed by atoms with Crippen LogP contribution in [0.1, 0.15) is 120 Å². The van der Waals surface area contributed by atoms with Crippen molar-refractivity contribution in [2.75, 3.05) is 5.32 Å². The number of rotatable bonds is 2. The van der Waals surface area contributed by atoms with Gasteiger partial charge in [0.15, 0.2) is 0 Å². The monoisotopic (exact) mass is 412 g/mol. The minimum Gasteiger partial charge on any atom is -0.352 e. The van der Waals surface area contributed by atoms with Crippen molar-refractivity contribution in [3.63, 3.8) is 0 Å². The molecule has 30 heavy (non-hydrogen) atoms. The zero-order chi connectivity index (χ0) is 20.6. The van der Waals surface area contributed by atoms with Gasteiger partial charge in [0.25, 0.3) is 0 Å². The lowest BCUT2D eigenvalue weighted by molar-refractivity contribution is -0.126. The molecule has 1 amide bonds. The predicted molar refractivity (Wildman–Crippen MR) is 121 cm³/mol. The minimum atomic E-state index is 0.0701. The maximum Gasteiger partial charge on any atom is 0.224 e. The van der Waals surface area contributed by atoms with Crippen molar-refractivity contribution < 1.29 is 4.79 Å². The van der Waals surface area contributed by atoms with Crippen molar-refractivity contribution in [1.82, 2.24) is 15.3 Å². The molecule has 4 rings (SSSR count). The van der Waals surface area contributed by atoms with Crippen molar-refractivity contribution in [3.05, 3.63) is 17.5 Å². The van der Waals surface area contributed by atoms with Gasteiger partial charge in [-0.2, -0.15) is 0 Å². The highest BCUT2D eigenvalue weighted by molar-refractivity contribution is 5.80. The largest absolute Gasteiger partial charge is 0.352 e. The summed E-state index contributed by atoms with van der Waals surface area (Å²) in [5, 5.41) is 6.84. The maximum atomic E-state index is 12.9. The van der Waals surface area contributed by atoms with E-state index in [1.807, 2.05) is 6.20 Å². The molecule has 1 aromatic heterocycles. The number of anilines is 1. The number of aromatic nitrogens is 2. The van der Waals surface area contributed by atoms with E-state index in [0.29, 0.717) is 12.6 Å². The average molecular weight is 413 g/mol. The van der Waals surface area contributed by atoms with Gasteiger partial charge in [-0.05, 0) is 25.7 Å². The van der Waals surface area contributed by atoms with Gasteiger partial charge in [-0.15, -0.1) is 0 Å². The first kappa shape index (κ1) is 21.6. The topological polar surface area (TPSA) is 66.9 Å². The van der Waals surface area contributed by atoms with Crippen LogP contribution in [-0.4, -0.2) is 21.9 Å². The fourth-order valence-electron chi connectivity index (χ4n) is 5.70. The van der Waals surface area contributed by atoms with E-state index in [4.69, 9.17) is 4.98 Å². The lowest BCUT2D eigenvalue weighted by atomic mass is 9.82. The molecule has 1 aliphatic heterocycles. The normalized spacial score (nSPS) is 27.3. The van der Waals surface area contributed by atoms with E-state index >= 15 is 0 Å². The molecule has 0 spiro atoms. The second-order valence-electron chi connectivity index (χ2n) is 9.77. The molecule has 2 unspecified atom stereocenters. The van der Waals surface area contributed by atoms with E-state index < -0.39 is 0 Å². The van der Waals surface area contributed by atoms with Crippen LogP contribution in [0.3, 0.4) is 0 Å². The molecule has 2 fully saturated rings. The highest BCUT2D eigenvalue weighted by atomic mass is 16.1. The lowest BCUT2D eigenvalue weighted by Gasteiger charge is -2.25. The second-order valence-corrected chi connectivity index (χ2v) is 9.77. The van der Waals surface area contributed by atoms with Crippen LogP contribution < -0.4 is 10.6 Å². The zero-order valence-electron chi connectivity index (χ0n) is 18.6. The van der Waals surface area contributed by atoms with Crippen molar-refractivity contribution in [3.8, 4) is 0 Å². The number of carbonyl (C=O) groups is 1. The van der Waals surface area contributed by atoms with E-state index in [1.165, 1.54) is 83.5 Å². The van der Waals surface area contributed by atoms with E-state index in [0.717, 1.165) is 36.5 Å². The average Bonchev–Trinajstić information content (AvgIpc) is 2.83. The molecule has 2 atom stereocenters. The van der Waals surface area contributed by atoms with Crippen molar-refractivity contribution in [1.29, 1.82) is 0 Å². The first-order chi connectivity index (χ1) is 14.8. The van der Waals surface area contributed by atoms with Gasteiger partial charge < -0.3 is 10.6 Å². The van der Waals surface area contributed by atoms with Crippen LogP contribution in [0.25, 0.3) is 0 Å². The van der Waals surface area contributed by atoms with Crippen LogP contribution >= 0.6 is 0 Å². The molecule has 1 aromatic rings. The smallest absolute Gasteiger partial charge is 0.224 e. The van der Waals surface area contributed by atoms with Gasteiger partial charge in [-0.1, -0.05) is 77.0 Å². The van der Waals surface area contributed by atoms with Crippen LogP contribution in [0.4, 0.5) is 5.95 Å². The van der Waals surface area contributed by atoms with Gasteiger partial charge in [0.2, 0.25) is 11.9 Å². The van der Waals surface area contributed by atoms with Crippen LogP contribution in [0, 0.1) is 5.92 Å². The molecule has 2 N–H and O–H groups in total. The summed E-state index contributed by atoms with van der Waals surface area (Å²) >= 11 is 0. The quantitative estimate of drug-likeness (QED) is 0.639.